The van der Waals surface area contributed by atoms with Gasteiger partial charge in [0.2, 0.25) is 0 Å². The van der Waals surface area contributed by atoms with Crippen LogP contribution in [0, 0.1) is 0 Å². The summed E-state index contributed by atoms with van der Waals surface area (Å²) < 4.78 is 4.52. The standard InChI is InChI=1S/C6H14O5/c1-11-3-5(9)6(10)4(8)2-7/h4-10H,2-3H2,1H3/t4-,5?,6?/m1/s1. The van der Waals surface area contributed by atoms with Crippen LogP contribution in [-0.2, 0) is 4.74 Å². The van der Waals surface area contributed by atoms with Crippen molar-refractivity contribution in [1.29, 1.82) is 0 Å². The van der Waals surface area contributed by atoms with Crippen molar-refractivity contribution in [3.63, 3.8) is 0 Å². The van der Waals surface area contributed by atoms with Crippen LogP contribution < -0.4 is 0 Å². The van der Waals surface area contributed by atoms with Crippen molar-refractivity contribution in [3.8, 4) is 0 Å². The van der Waals surface area contributed by atoms with E-state index >= 15 is 0 Å². The van der Waals surface area contributed by atoms with Gasteiger partial charge in [-0.1, -0.05) is 0 Å². The van der Waals surface area contributed by atoms with E-state index in [4.69, 9.17) is 20.4 Å². The molecule has 0 heterocycles. The number of ether oxygens (including phenoxy) is 1. The summed E-state index contributed by atoms with van der Waals surface area (Å²) in [5.41, 5.74) is 0. The predicted octanol–water partition coefficient (Wildman–Crippen LogP) is -2.29. The summed E-state index contributed by atoms with van der Waals surface area (Å²) in [7, 11) is 1.36. The molecule has 0 fully saturated rings. The summed E-state index contributed by atoms with van der Waals surface area (Å²) in [4.78, 5) is 0. The summed E-state index contributed by atoms with van der Waals surface area (Å²) in [5, 5.41) is 35.1. The van der Waals surface area contributed by atoms with Gasteiger partial charge in [-0.15, -0.1) is 0 Å². The molecule has 0 saturated heterocycles. The molecule has 0 amide bonds. The van der Waals surface area contributed by atoms with Gasteiger partial charge >= 0.3 is 0 Å². The van der Waals surface area contributed by atoms with Crippen LogP contribution in [0.25, 0.3) is 0 Å². The Hall–Kier alpha value is -0.200. The van der Waals surface area contributed by atoms with Crippen LogP contribution in [0.2, 0.25) is 0 Å². The highest BCUT2D eigenvalue weighted by atomic mass is 16.5. The first-order valence-corrected chi connectivity index (χ1v) is 3.27. The fraction of sp³-hybridized carbons (Fsp3) is 1.00. The van der Waals surface area contributed by atoms with Crippen molar-refractivity contribution in [1.82, 2.24) is 0 Å². The summed E-state index contributed by atoms with van der Waals surface area (Å²) in [6.07, 6.45) is -3.85. The van der Waals surface area contributed by atoms with Crippen molar-refractivity contribution in [3.05, 3.63) is 0 Å². The van der Waals surface area contributed by atoms with Crippen LogP contribution >= 0.6 is 0 Å². The molecule has 5 nitrogen and oxygen atoms in total. The Morgan fingerprint density at radius 3 is 2.09 bits per heavy atom. The molecule has 4 N–H and O–H groups in total. The van der Waals surface area contributed by atoms with Gasteiger partial charge < -0.3 is 25.2 Å². The molecule has 0 aromatic carbocycles. The Morgan fingerprint density at radius 1 is 1.18 bits per heavy atom. The number of hydrogen-bond donors (Lipinski definition) is 4. The molecule has 0 aromatic heterocycles. The second kappa shape index (κ2) is 5.45. The lowest BCUT2D eigenvalue weighted by Crippen LogP contribution is -2.41. The molecule has 2 unspecified atom stereocenters. The Balaban J connectivity index is 3.70. The SMILES string of the molecule is COCC(O)C(O)[C@H](O)CO. The first-order valence-electron chi connectivity index (χ1n) is 3.27. The minimum atomic E-state index is -1.36. The van der Waals surface area contributed by atoms with Crippen molar-refractivity contribution in [2.75, 3.05) is 20.3 Å². The fourth-order valence-electron chi connectivity index (χ4n) is 0.634. The second-order valence-electron chi connectivity index (χ2n) is 2.26. The fourth-order valence-corrected chi connectivity index (χ4v) is 0.634. The highest BCUT2D eigenvalue weighted by Crippen LogP contribution is 1.99. The maximum absolute atomic E-state index is 8.98. The van der Waals surface area contributed by atoms with Gasteiger partial charge in [0, 0.05) is 7.11 Å². The van der Waals surface area contributed by atoms with Crippen molar-refractivity contribution in [2.45, 2.75) is 18.3 Å². The van der Waals surface area contributed by atoms with Gasteiger partial charge in [0.15, 0.2) is 0 Å². The van der Waals surface area contributed by atoms with E-state index < -0.39 is 24.9 Å². The van der Waals surface area contributed by atoms with Gasteiger partial charge in [-0.25, -0.2) is 0 Å². The summed E-state index contributed by atoms with van der Waals surface area (Å²) in [5.74, 6) is 0. The molecule has 68 valence electrons. The minimum Gasteiger partial charge on any atom is -0.394 e. The van der Waals surface area contributed by atoms with Crippen LogP contribution in [0.3, 0.4) is 0 Å². The quantitative estimate of drug-likeness (QED) is 0.369. The molecular formula is C6H14O5. The lowest BCUT2D eigenvalue weighted by atomic mass is 10.1. The van der Waals surface area contributed by atoms with E-state index in [-0.39, 0.29) is 6.61 Å². The zero-order chi connectivity index (χ0) is 8.85. The predicted molar refractivity (Wildman–Crippen MR) is 37.0 cm³/mol. The molecule has 0 aliphatic rings. The van der Waals surface area contributed by atoms with Gasteiger partial charge in [-0.05, 0) is 0 Å². The Morgan fingerprint density at radius 2 is 1.73 bits per heavy atom. The zero-order valence-corrected chi connectivity index (χ0v) is 6.34. The summed E-state index contributed by atoms with van der Waals surface area (Å²) in [6.45, 7) is -0.653. The molecule has 0 spiro atoms. The highest BCUT2D eigenvalue weighted by Gasteiger charge is 2.23. The van der Waals surface area contributed by atoms with E-state index in [1.54, 1.807) is 0 Å². The first kappa shape index (κ1) is 10.8. The third-order valence-corrected chi connectivity index (χ3v) is 1.31. The normalized spacial score (nSPS) is 19.4. The van der Waals surface area contributed by atoms with Gasteiger partial charge in [0.25, 0.3) is 0 Å². The van der Waals surface area contributed by atoms with E-state index in [0.717, 1.165) is 0 Å². The summed E-state index contributed by atoms with van der Waals surface area (Å²) in [6, 6.07) is 0. The van der Waals surface area contributed by atoms with Crippen LogP contribution in [-0.4, -0.2) is 59.1 Å². The van der Waals surface area contributed by atoms with Crippen LogP contribution in [0.15, 0.2) is 0 Å². The molecule has 0 aliphatic heterocycles. The van der Waals surface area contributed by atoms with Crippen molar-refractivity contribution in [2.24, 2.45) is 0 Å². The molecular weight excluding hydrogens is 152 g/mol. The van der Waals surface area contributed by atoms with E-state index in [1.807, 2.05) is 0 Å². The number of aliphatic hydroxyl groups excluding tert-OH is 4. The van der Waals surface area contributed by atoms with E-state index in [1.165, 1.54) is 7.11 Å². The highest BCUT2D eigenvalue weighted by molar-refractivity contribution is 4.73. The van der Waals surface area contributed by atoms with Gasteiger partial charge in [-0.3, -0.25) is 0 Å². The van der Waals surface area contributed by atoms with Crippen molar-refractivity contribution >= 4 is 0 Å². The molecule has 5 heteroatoms. The number of aliphatic hydroxyl groups is 4. The molecule has 0 bridgehead atoms. The van der Waals surface area contributed by atoms with E-state index in [9.17, 15) is 0 Å². The number of rotatable bonds is 5. The minimum absolute atomic E-state index is 0.0712. The third-order valence-electron chi connectivity index (χ3n) is 1.31. The lowest BCUT2D eigenvalue weighted by Gasteiger charge is -2.20. The van der Waals surface area contributed by atoms with Crippen molar-refractivity contribution < 1.29 is 25.2 Å². The molecule has 3 atom stereocenters. The second-order valence-corrected chi connectivity index (χ2v) is 2.26. The number of methoxy groups -OCH3 is 1. The molecule has 0 aromatic rings. The van der Waals surface area contributed by atoms with Crippen LogP contribution in [0.4, 0.5) is 0 Å². The number of hydrogen-bond acceptors (Lipinski definition) is 5. The average molecular weight is 166 g/mol. The average Bonchev–Trinajstić information content (AvgIpc) is 2.02. The molecule has 0 radical (unpaired) electrons. The Bertz CT molecular complexity index is 97.0. The third kappa shape index (κ3) is 3.64. The van der Waals surface area contributed by atoms with Crippen LogP contribution in [0.1, 0.15) is 0 Å². The monoisotopic (exact) mass is 166 g/mol. The summed E-state index contributed by atoms with van der Waals surface area (Å²) >= 11 is 0. The lowest BCUT2D eigenvalue weighted by molar-refractivity contribution is -0.0947. The van der Waals surface area contributed by atoms with Crippen LogP contribution in [0.5, 0.6) is 0 Å². The molecule has 0 rings (SSSR count). The topological polar surface area (TPSA) is 90.2 Å². The molecule has 0 aliphatic carbocycles. The van der Waals surface area contributed by atoms with Gasteiger partial charge in [0.1, 0.15) is 18.3 Å². The largest absolute Gasteiger partial charge is 0.394 e. The Labute approximate surface area is 64.9 Å². The molecule has 0 saturated carbocycles. The van der Waals surface area contributed by atoms with Gasteiger partial charge in [-0.2, -0.15) is 0 Å². The van der Waals surface area contributed by atoms with E-state index in [0.29, 0.717) is 0 Å². The van der Waals surface area contributed by atoms with E-state index in [2.05, 4.69) is 4.74 Å². The van der Waals surface area contributed by atoms with Gasteiger partial charge in [0.05, 0.1) is 13.2 Å². The maximum Gasteiger partial charge on any atom is 0.110 e. The maximum atomic E-state index is 8.98. The first-order chi connectivity index (χ1) is 5.13. The smallest absolute Gasteiger partial charge is 0.110 e. The molecule has 11 heavy (non-hydrogen) atoms. The zero-order valence-electron chi connectivity index (χ0n) is 6.34. The Kier molecular flexibility index (Phi) is 5.35.